The lowest BCUT2D eigenvalue weighted by Gasteiger charge is -2.12. The lowest BCUT2D eigenvalue weighted by Crippen LogP contribution is -2.38. The van der Waals surface area contributed by atoms with Crippen LogP contribution < -0.4 is 10.6 Å². The third-order valence-corrected chi connectivity index (χ3v) is 3.69. The van der Waals surface area contributed by atoms with Crippen molar-refractivity contribution in [3.63, 3.8) is 0 Å². The van der Waals surface area contributed by atoms with Crippen molar-refractivity contribution in [2.45, 2.75) is 38.8 Å². The molecule has 1 saturated heterocycles. The van der Waals surface area contributed by atoms with Gasteiger partial charge in [-0.2, -0.15) is 0 Å². The molecule has 0 amide bonds. The molecule has 0 radical (unpaired) electrons. The topological polar surface area (TPSA) is 54.9 Å². The average Bonchev–Trinajstić information content (AvgIpc) is 3.10. The van der Waals surface area contributed by atoms with Crippen LogP contribution in [0.4, 0.5) is 0 Å². The van der Waals surface area contributed by atoms with Crippen LogP contribution in [0.2, 0.25) is 0 Å². The maximum absolute atomic E-state index is 5.66. The van der Waals surface area contributed by atoms with E-state index in [1.165, 1.54) is 12.0 Å². The van der Waals surface area contributed by atoms with E-state index in [4.69, 9.17) is 9.47 Å². The van der Waals surface area contributed by atoms with E-state index in [0.717, 1.165) is 51.7 Å². The highest BCUT2D eigenvalue weighted by molar-refractivity contribution is 14.0. The molecule has 0 bridgehead atoms. The van der Waals surface area contributed by atoms with Gasteiger partial charge in [-0.05, 0) is 31.7 Å². The highest BCUT2D eigenvalue weighted by Gasteiger charge is 2.14. The van der Waals surface area contributed by atoms with E-state index in [1.54, 1.807) is 0 Å². The molecule has 1 aromatic carbocycles. The van der Waals surface area contributed by atoms with E-state index in [9.17, 15) is 0 Å². The first kappa shape index (κ1) is 21.2. The summed E-state index contributed by atoms with van der Waals surface area (Å²) in [5.74, 6) is 0.857. The van der Waals surface area contributed by atoms with Gasteiger partial charge in [0.2, 0.25) is 0 Å². The Morgan fingerprint density at radius 2 is 2.12 bits per heavy atom. The molecule has 1 unspecified atom stereocenters. The quantitative estimate of drug-likeness (QED) is 0.265. The van der Waals surface area contributed by atoms with Gasteiger partial charge in [0.05, 0.1) is 19.3 Å². The minimum absolute atomic E-state index is 0. The second-order valence-electron chi connectivity index (χ2n) is 5.67. The molecule has 0 aliphatic carbocycles. The molecule has 1 fully saturated rings. The molecular weight excluding hydrogens is 417 g/mol. The van der Waals surface area contributed by atoms with Crippen molar-refractivity contribution in [3.05, 3.63) is 35.9 Å². The lowest BCUT2D eigenvalue weighted by atomic mass is 10.2. The third-order valence-electron chi connectivity index (χ3n) is 3.69. The Labute approximate surface area is 162 Å². The summed E-state index contributed by atoms with van der Waals surface area (Å²) in [5, 5.41) is 6.61. The van der Waals surface area contributed by atoms with Crippen molar-refractivity contribution in [3.8, 4) is 0 Å². The van der Waals surface area contributed by atoms with Crippen molar-refractivity contribution in [2.75, 3.05) is 32.9 Å². The van der Waals surface area contributed by atoms with Crippen molar-refractivity contribution >= 4 is 29.9 Å². The molecule has 24 heavy (non-hydrogen) atoms. The summed E-state index contributed by atoms with van der Waals surface area (Å²) in [6.45, 7) is 6.84. The van der Waals surface area contributed by atoms with Crippen molar-refractivity contribution < 1.29 is 9.47 Å². The van der Waals surface area contributed by atoms with Crippen LogP contribution >= 0.6 is 24.0 Å². The minimum Gasteiger partial charge on any atom is -0.379 e. The van der Waals surface area contributed by atoms with E-state index in [1.807, 2.05) is 18.2 Å². The summed E-state index contributed by atoms with van der Waals surface area (Å²) in [4.78, 5) is 4.60. The maximum atomic E-state index is 5.66. The summed E-state index contributed by atoms with van der Waals surface area (Å²) in [6.07, 6.45) is 3.57. The zero-order valence-electron chi connectivity index (χ0n) is 14.5. The van der Waals surface area contributed by atoms with Crippen LogP contribution in [-0.2, 0) is 16.0 Å². The van der Waals surface area contributed by atoms with Crippen LogP contribution in [0.15, 0.2) is 35.3 Å². The van der Waals surface area contributed by atoms with Gasteiger partial charge in [0, 0.05) is 26.3 Å². The van der Waals surface area contributed by atoms with E-state index in [2.05, 4.69) is 34.7 Å². The van der Waals surface area contributed by atoms with Gasteiger partial charge in [-0.3, -0.25) is 0 Å². The highest BCUT2D eigenvalue weighted by atomic mass is 127. The number of halogens is 1. The Kier molecular flexibility index (Phi) is 11.9. The Bertz CT molecular complexity index is 451. The second kappa shape index (κ2) is 13.4. The number of guanidine groups is 1. The molecule has 1 aliphatic rings. The van der Waals surface area contributed by atoms with Crippen LogP contribution in [-0.4, -0.2) is 45.0 Å². The fourth-order valence-corrected chi connectivity index (χ4v) is 2.47. The van der Waals surface area contributed by atoms with E-state index in [0.29, 0.717) is 12.6 Å². The fraction of sp³-hybridized carbons (Fsp3) is 0.611. The maximum Gasteiger partial charge on any atom is 0.191 e. The predicted octanol–water partition coefficient (Wildman–Crippen LogP) is 2.95. The average molecular weight is 447 g/mol. The first-order valence-electron chi connectivity index (χ1n) is 8.64. The molecule has 0 aromatic heterocycles. The summed E-state index contributed by atoms with van der Waals surface area (Å²) in [7, 11) is 0. The van der Waals surface area contributed by atoms with Gasteiger partial charge >= 0.3 is 0 Å². The Hall–Kier alpha value is -0.860. The molecule has 1 aromatic rings. The van der Waals surface area contributed by atoms with Gasteiger partial charge in [0.25, 0.3) is 0 Å². The molecule has 6 heteroatoms. The van der Waals surface area contributed by atoms with Gasteiger partial charge in [-0.1, -0.05) is 30.3 Å². The second-order valence-corrected chi connectivity index (χ2v) is 5.67. The van der Waals surface area contributed by atoms with Crippen molar-refractivity contribution in [1.82, 2.24) is 10.6 Å². The summed E-state index contributed by atoms with van der Waals surface area (Å²) >= 11 is 0. The van der Waals surface area contributed by atoms with Crippen LogP contribution in [0.3, 0.4) is 0 Å². The molecule has 1 aliphatic heterocycles. The van der Waals surface area contributed by atoms with Gasteiger partial charge in [-0.15, -0.1) is 24.0 Å². The molecule has 0 spiro atoms. The minimum atomic E-state index is 0. The number of benzene rings is 1. The molecule has 2 N–H and O–H groups in total. The number of hydrogen-bond donors (Lipinski definition) is 2. The largest absolute Gasteiger partial charge is 0.379 e. The molecule has 1 heterocycles. The predicted molar refractivity (Wildman–Crippen MR) is 109 cm³/mol. The standard InChI is InChI=1S/C18H29N3O2.HI/c1-2-19-18(21-14-16-8-4-3-5-9-16)20-11-7-12-22-15-17-10-6-13-23-17;/h3-5,8-9,17H,2,6-7,10-15H2,1H3,(H2,19,20,21);1H. The normalized spacial score (nSPS) is 17.4. The third kappa shape index (κ3) is 8.84. The number of rotatable bonds is 9. The summed E-state index contributed by atoms with van der Waals surface area (Å²) < 4.78 is 11.2. The van der Waals surface area contributed by atoms with E-state index in [-0.39, 0.29) is 24.0 Å². The van der Waals surface area contributed by atoms with Gasteiger partial charge < -0.3 is 20.1 Å². The monoisotopic (exact) mass is 447 g/mol. The van der Waals surface area contributed by atoms with Crippen LogP contribution in [0.5, 0.6) is 0 Å². The first-order chi connectivity index (χ1) is 11.4. The van der Waals surface area contributed by atoms with Crippen molar-refractivity contribution in [1.29, 1.82) is 0 Å². The lowest BCUT2D eigenvalue weighted by molar-refractivity contribution is 0.0168. The van der Waals surface area contributed by atoms with E-state index >= 15 is 0 Å². The molecule has 2 rings (SSSR count). The Morgan fingerprint density at radius 3 is 2.83 bits per heavy atom. The molecule has 0 saturated carbocycles. The van der Waals surface area contributed by atoms with Gasteiger partial charge in [0.1, 0.15) is 0 Å². The Balaban J connectivity index is 0.00000288. The highest BCUT2D eigenvalue weighted by Crippen LogP contribution is 2.11. The smallest absolute Gasteiger partial charge is 0.191 e. The van der Waals surface area contributed by atoms with Gasteiger partial charge in [-0.25, -0.2) is 4.99 Å². The number of nitrogens with zero attached hydrogens (tertiary/aromatic N) is 1. The van der Waals surface area contributed by atoms with Gasteiger partial charge in [0.15, 0.2) is 5.96 Å². The summed E-state index contributed by atoms with van der Waals surface area (Å²) in [5.41, 5.74) is 1.21. The van der Waals surface area contributed by atoms with Crippen LogP contribution in [0.1, 0.15) is 31.7 Å². The first-order valence-corrected chi connectivity index (χ1v) is 8.64. The number of ether oxygens (including phenoxy) is 2. The molecular formula is C18H30IN3O2. The zero-order chi connectivity index (χ0) is 16.2. The number of hydrogen-bond acceptors (Lipinski definition) is 3. The van der Waals surface area contributed by atoms with Crippen LogP contribution in [0.25, 0.3) is 0 Å². The molecule has 136 valence electrons. The molecule has 1 atom stereocenters. The van der Waals surface area contributed by atoms with Crippen LogP contribution in [0, 0.1) is 0 Å². The zero-order valence-corrected chi connectivity index (χ0v) is 16.8. The van der Waals surface area contributed by atoms with Crippen molar-refractivity contribution in [2.24, 2.45) is 4.99 Å². The molecule has 5 nitrogen and oxygen atoms in total. The SMILES string of the molecule is CCNC(=NCc1ccccc1)NCCCOCC1CCCO1.I. The summed E-state index contributed by atoms with van der Waals surface area (Å²) in [6, 6.07) is 10.3. The Morgan fingerprint density at radius 1 is 1.29 bits per heavy atom. The number of aliphatic imine (C=N–C) groups is 1. The number of nitrogens with one attached hydrogen (secondary N) is 2. The fourth-order valence-electron chi connectivity index (χ4n) is 2.47. The van der Waals surface area contributed by atoms with E-state index < -0.39 is 0 Å².